The summed E-state index contributed by atoms with van der Waals surface area (Å²) in [6.45, 7) is 1.93. The van der Waals surface area contributed by atoms with Gasteiger partial charge in [0.15, 0.2) is 0 Å². The number of halogens is 2. The minimum atomic E-state index is -0.0105. The minimum absolute atomic E-state index is 0.0105. The first-order valence-electron chi connectivity index (χ1n) is 5.15. The molecule has 0 saturated heterocycles. The van der Waals surface area contributed by atoms with Gasteiger partial charge in [-0.15, -0.1) is 0 Å². The van der Waals surface area contributed by atoms with Crippen molar-refractivity contribution in [3.63, 3.8) is 0 Å². The maximum Gasteiger partial charge on any atom is 0.123 e. The molecule has 1 unspecified atom stereocenters. The van der Waals surface area contributed by atoms with E-state index in [-0.39, 0.29) is 4.83 Å². The Morgan fingerprint density at radius 3 is 2.59 bits per heavy atom. The van der Waals surface area contributed by atoms with E-state index in [4.69, 9.17) is 9.15 Å². The Hall–Kier alpha value is -0.740. The molecule has 0 fully saturated rings. The van der Waals surface area contributed by atoms with Gasteiger partial charge in [-0.2, -0.15) is 0 Å². The first-order chi connectivity index (χ1) is 8.11. The second-order valence-electron chi connectivity index (χ2n) is 3.70. The first-order valence-corrected chi connectivity index (χ1v) is 6.86. The number of hydrogen-bond donors (Lipinski definition) is 0. The van der Waals surface area contributed by atoms with E-state index in [0.29, 0.717) is 0 Å². The summed E-state index contributed by atoms with van der Waals surface area (Å²) in [6, 6.07) is 9.83. The monoisotopic (exact) mass is 358 g/mol. The molecule has 1 aromatic heterocycles. The van der Waals surface area contributed by atoms with Gasteiger partial charge in [0.2, 0.25) is 0 Å². The second kappa shape index (κ2) is 5.27. The van der Waals surface area contributed by atoms with Crippen LogP contribution in [0.4, 0.5) is 0 Å². The SMILES string of the molecule is COc1ccc(Br)cc1C(Br)c1ccc(C)o1. The molecule has 0 aliphatic heterocycles. The average Bonchev–Trinajstić information content (AvgIpc) is 2.75. The molecule has 0 N–H and O–H groups in total. The van der Waals surface area contributed by atoms with E-state index in [2.05, 4.69) is 31.9 Å². The molecule has 0 amide bonds. The maximum absolute atomic E-state index is 5.62. The Bertz CT molecular complexity index is 520. The Morgan fingerprint density at radius 2 is 2.00 bits per heavy atom. The van der Waals surface area contributed by atoms with Crippen molar-refractivity contribution in [3.05, 3.63) is 51.9 Å². The zero-order valence-electron chi connectivity index (χ0n) is 9.54. The predicted octanol–water partition coefficient (Wildman–Crippen LogP) is 4.84. The van der Waals surface area contributed by atoms with Gasteiger partial charge in [-0.3, -0.25) is 0 Å². The molecule has 2 aromatic rings. The third kappa shape index (κ3) is 2.75. The molecule has 0 saturated carbocycles. The van der Waals surface area contributed by atoms with Gasteiger partial charge in [-0.25, -0.2) is 0 Å². The van der Waals surface area contributed by atoms with E-state index < -0.39 is 0 Å². The van der Waals surface area contributed by atoms with E-state index in [1.807, 2.05) is 37.3 Å². The Morgan fingerprint density at radius 1 is 1.24 bits per heavy atom. The summed E-state index contributed by atoms with van der Waals surface area (Å²) in [4.78, 5) is -0.0105. The van der Waals surface area contributed by atoms with Gasteiger partial charge in [0.1, 0.15) is 22.1 Å². The molecular weight excluding hydrogens is 348 g/mol. The summed E-state index contributed by atoms with van der Waals surface area (Å²) < 4.78 is 12.0. The molecule has 0 radical (unpaired) electrons. The standard InChI is InChI=1S/C13H12Br2O2/c1-8-3-5-12(17-8)13(15)10-7-9(14)4-6-11(10)16-2/h3-7,13H,1-2H3. The summed E-state index contributed by atoms with van der Waals surface area (Å²) in [6.07, 6.45) is 0. The van der Waals surface area contributed by atoms with E-state index in [9.17, 15) is 0 Å². The largest absolute Gasteiger partial charge is 0.496 e. The zero-order chi connectivity index (χ0) is 12.4. The third-order valence-corrected chi connectivity index (χ3v) is 3.91. The molecule has 90 valence electrons. The van der Waals surface area contributed by atoms with Crippen molar-refractivity contribution in [2.24, 2.45) is 0 Å². The molecule has 0 spiro atoms. The van der Waals surface area contributed by atoms with Crippen LogP contribution < -0.4 is 4.74 Å². The van der Waals surface area contributed by atoms with Crippen LogP contribution in [0.15, 0.2) is 39.2 Å². The summed E-state index contributed by atoms with van der Waals surface area (Å²) in [5, 5.41) is 0. The van der Waals surface area contributed by atoms with Crippen LogP contribution >= 0.6 is 31.9 Å². The molecule has 1 heterocycles. The van der Waals surface area contributed by atoms with Crippen LogP contribution in [0.1, 0.15) is 21.9 Å². The number of alkyl halides is 1. The smallest absolute Gasteiger partial charge is 0.123 e. The molecule has 0 aliphatic rings. The van der Waals surface area contributed by atoms with Crippen molar-refractivity contribution >= 4 is 31.9 Å². The van der Waals surface area contributed by atoms with Gasteiger partial charge in [0, 0.05) is 10.0 Å². The highest BCUT2D eigenvalue weighted by Gasteiger charge is 2.18. The van der Waals surface area contributed by atoms with E-state index in [1.165, 1.54) is 0 Å². The van der Waals surface area contributed by atoms with Crippen LogP contribution in [0.2, 0.25) is 0 Å². The highest BCUT2D eigenvalue weighted by molar-refractivity contribution is 9.10. The Kier molecular flexibility index (Phi) is 3.94. The van der Waals surface area contributed by atoms with Crippen LogP contribution in [-0.4, -0.2) is 7.11 Å². The molecule has 0 aliphatic carbocycles. The highest BCUT2D eigenvalue weighted by atomic mass is 79.9. The minimum Gasteiger partial charge on any atom is -0.496 e. The molecule has 1 atom stereocenters. The average molecular weight is 360 g/mol. The number of methoxy groups -OCH3 is 1. The lowest BCUT2D eigenvalue weighted by atomic mass is 10.1. The molecule has 4 heteroatoms. The van der Waals surface area contributed by atoms with Gasteiger partial charge in [-0.1, -0.05) is 31.9 Å². The number of ether oxygens (including phenoxy) is 1. The van der Waals surface area contributed by atoms with E-state index in [0.717, 1.165) is 27.3 Å². The predicted molar refractivity (Wildman–Crippen MR) is 74.9 cm³/mol. The van der Waals surface area contributed by atoms with Gasteiger partial charge < -0.3 is 9.15 Å². The number of benzene rings is 1. The van der Waals surface area contributed by atoms with Gasteiger partial charge in [0.05, 0.1) is 7.11 Å². The molecule has 2 rings (SSSR count). The lowest BCUT2D eigenvalue weighted by Gasteiger charge is -2.12. The summed E-state index contributed by atoms with van der Waals surface area (Å²) in [7, 11) is 1.67. The van der Waals surface area contributed by atoms with Crippen LogP contribution in [0.25, 0.3) is 0 Å². The van der Waals surface area contributed by atoms with Gasteiger partial charge in [-0.05, 0) is 37.3 Å². The molecule has 1 aromatic carbocycles. The summed E-state index contributed by atoms with van der Waals surface area (Å²) in [5.41, 5.74) is 1.04. The highest BCUT2D eigenvalue weighted by Crippen LogP contribution is 2.38. The number of furan rings is 1. The maximum atomic E-state index is 5.62. The van der Waals surface area contributed by atoms with Crippen molar-refractivity contribution in [2.75, 3.05) is 7.11 Å². The zero-order valence-corrected chi connectivity index (χ0v) is 12.7. The normalized spacial score (nSPS) is 12.5. The van der Waals surface area contributed by atoms with Crippen LogP contribution in [0.5, 0.6) is 5.75 Å². The fraction of sp³-hybridized carbons (Fsp3) is 0.231. The first kappa shape index (κ1) is 12.7. The van der Waals surface area contributed by atoms with Crippen LogP contribution in [0.3, 0.4) is 0 Å². The third-order valence-electron chi connectivity index (χ3n) is 2.48. The Labute approximate surface area is 117 Å². The fourth-order valence-corrected chi connectivity index (χ4v) is 2.63. The van der Waals surface area contributed by atoms with Gasteiger partial charge >= 0.3 is 0 Å². The van der Waals surface area contributed by atoms with Crippen LogP contribution in [0, 0.1) is 6.92 Å². The summed E-state index contributed by atoms with van der Waals surface area (Å²) >= 11 is 7.10. The van der Waals surface area contributed by atoms with Crippen molar-refractivity contribution in [3.8, 4) is 5.75 Å². The lowest BCUT2D eigenvalue weighted by Crippen LogP contribution is -1.96. The molecule has 2 nitrogen and oxygen atoms in total. The van der Waals surface area contributed by atoms with E-state index >= 15 is 0 Å². The summed E-state index contributed by atoms with van der Waals surface area (Å²) in [5.74, 6) is 2.61. The van der Waals surface area contributed by atoms with Crippen molar-refractivity contribution in [1.29, 1.82) is 0 Å². The lowest BCUT2D eigenvalue weighted by molar-refractivity contribution is 0.407. The van der Waals surface area contributed by atoms with Crippen LogP contribution in [-0.2, 0) is 0 Å². The number of aryl methyl sites for hydroxylation is 1. The molecule has 0 bridgehead atoms. The quantitative estimate of drug-likeness (QED) is 0.731. The topological polar surface area (TPSA) is 22.4 Å². The fourth-order valence-electron chi connectivity index (χ4n) is 1.65. The molecule has 17 heavy (non-hydrogen) atoms. The second-order valence-corrected chi connectivity index (χ2v) is 5.53. The molecular formula is C13H12Br2O2. The number of hydrogen-bond acceptors (Lipinski definition) is 2. The van der Waals surface area contributed by atoms with E-state index in [1.54, 1.807) is 7.11 Å². The van der Waals surface area contributed by atoms with Gasteiger partial charge in [0.25, 0.3) is 0 Å². The number of rotatable bonds is 3. The van der Waals surface area contributed by atoms with Crippen molar-refractivity contribution in [2.45, 2.75) is 11.8 Å². The Balaban J connectivity index is 2.42. The van der Waals surface area contributed by atoms with Crippen molar-refractivity contribution in [1.82, 2.24) is 0 Å². The van der Waals surface area contributed by atoms with Crippen molar-refractivity contribution < 1.29 is 9.15 Å².